The highest BCUT2D eigenvalue weighted by Gasteiger charge is 2.20. The van der Waals surface area contributed by atoms with Crippen molar-refractivity contribution in [3.05, 3.63) is 54.3 Å². The Balaban J connectivity index is 2.05. The third-order valence-electron chi connectivity index (χ3n) is 2.41. The summed E-state index contributed by atoms with van der Waals surface area (Å²) in [7, 11) is 0. The molecule has 1 heterocycles. The van der Waals surface area contributed by atoms with Crippen molar-refractivity contribution >= 4 is 29.2 Å². The van der Waals surface area contributed by atoms with Crippen LogP contribution in [0.1, 0.15) is 0 Å². The van der Waals surface area contributed by atoms with Crippen LogP contribution < -0.4 is 9.03 Å². The molecule has 1 aliphatic heterocycles. The Morgan fingerprint density at radius 2 is 1.94 bits per heavy atom. The van der Waals surface area contributed by atoms with Crippen LogP contribution in [0.15, 0.2) is 48.5 Å². The minimum absolute atomic E-state index is 0.220. The summed E-state index contributed by atoms with van der Waals surface area (Å²) in [5.74, 6) is -0.220. The second-order valence-corrected chi connectivity index (χ2v) is 4.24. The lowest BCUT2D eigenvalue weighted by Crippen LogP contribution is -2.02. The molecule has 2 nitrogen and oxygen atoms in total. The number of nitrogens with one attached hydrogen (secondary N) is 1. The van der Waals surface area contributed by atoms with E-state index in [2.05, 4.69) is 4.72 Å². The van der Waals surface area contributed by atoms with Gasteiger partial charge in [0.15, 0.2) is 0 Å². The first-order valence-electron chi connectivity index (χ1n) is 4.92. The fourth-order valence-electron chi connectivity index (χ4n) is 1.68. The van der Waals surface area contributed by atoms with Crippen LogP contribution in [-0.2, 0) is 0 Å². The molecule has 0 spiro atoms. The number of nitrogens with zero attached hydrogens (tertiary/aromatic N) is 1. The third kappa shape index (κ3) is 1.51. The summed E-state index contributed by atoms with van der Waals surface area (Å²) in [6.07, 6.45) is 0. The standard InChI is InChI=1S/C12H9FN2S/c13-9-4-3-5-10(8-9)15-12-7-2-1-6-11(12)14-16-15/h1-8,14H. The number of para-hydroxylation sites is 2. The average Bonchev–Trinajstić information content (AvgIpc) is 2.72. The molecular formula is C12H9FN2S. The first-order chi connectivity index (χ1) is 7.84. The number of anilines is 3. The number of hydrogen-bond donors (Lipinski definition) is 1. The first kappa shape index (κ1) is 9.54. The van der Waals surface area contributed by atoms with Gasteiger partial charge in [0.2, 0.25) is 0 Å². The molecule has 0 saturated heterocycles. The normalized spacial score (nSPS) is 13.4. The van der Waals surface area contributed by atoms with Crippen molar-refractivity contribution in [3.8, 4) is 0 Å². The molecule has 0 atom stereocenters. The maximum atomic E-state index is 13.1. The quantitative estimate of drug-likeness (QED) is 0.749. The van der Waals surface area contributed by atoms with Crippen molar-refractivity contribution < 1.29 is 4.39 Å². The molecule has 4 heteroatoms. The third-order valence-corrected chi connectivity index (χ3v) is 3.31. The van der Waals surface area contributed by atoms with Crippen molar-refractivity contribution in [1.82, 2.24) is 0 Å². The summed E-state index contributed by atoms with van der Waals surface area (Å²) >= 11 is 1.45. The summed E-state index contributed by atoms with van der Waals surface area (Å²) in [4.78, 5) is 0. The molecule has 3 rings (SSSR count). The zero-order valence-electron chi connectivity index (χ0n) is 8.35. The van der Waals surface area contributed by atoms with E-state index in [4.69, 9.17) is 0 Å². The van der Waals surface area contributed by atoms with Gasteiger partial charge in [-0.1, -0.05) is 18.2 Å². The zero-order chi connectivity index (χ0) is 11.0. The van der Waals surface area contributed by atoms with Gasteiger partial charge in [-0.25, -0.2) is 4.39 Å². The van der Waals surface area contributed by atoms with Gasteiger partial charge in [0.05, 0.1) is 29.2 Å². The molecular weight excluding hydrogens is 223 g/mol. The lowest BCUT2D eigenvalue weighted by atomic mass is 10.2. The van der Waals surface area contributed by atoms with Crippen LogP contribution in [0.25, 0.3) is 0 Å². The van der Waals surface area contributed by atoms with E-state index in [-0.39, 0.29) is 5.82 Å². The first-order valence-corrected chi connectivity index (χ1v) is 5.70. The molecule has 0 unspecified atom stereocenters. The minimum Gasteiger partial charge on any atom is -0.310 e. The average molecular weight is 232 g/mol. The van der Waals surface area contributed by atoms with E-state index in [0.717, 1.165) is 17.1 Å². The fourth-order valence-corrected chi connectivity index (χ4v) is 2.51. The largest absolute Gasteiger partial charge is 0.310 e. The molecule has 0 aromatic heterocycles. The summed E-state index contributed by atoms with van der Waals surface area (Å²) in [5.41, 5.74) is 2.94. The van der Waals surface area contributed by atoms with Crippen molar-refractivity contribution in [2.75, 3.05) is 9.03 Å². The van der Waals surface area contributed by atoms with Crippen LogP contribution >= 0.6 is 12.1 Å². The van der Waals surface area contributed by atoms with Gasteiger partial charge in [0.25, 0.3) is 0 Å². The molecule has 0 saturated carbocycles. The Morgan fingerprint density at radius 1 is 1.06 bits per heavy atom. The molecule has 1 aliphatic rings. The number of halogens is 1. The maximum absolute atomic E-state index is 13.1. The van der Waals surface area contributed by atoms with E-state index < -0.39 is 0 Å². The lowest BCUT2D eigenvalue weighted by molar-refractivity contribution is 0.628. The van der Waals surface area contributed by atoms with Gasteiger partial charge in [0.1, 0.15) is 5.82 Å². The van der Waals surface area contributed by atoms with Gasteiger partial charge >= 0.3 is 0 Å². The monoisotopic (exact) mass is 232 g/mol. The van der Waals surface area contributed by atoms with Gasteiger partial charge in [-0.2, -0.15) is 0 Å². The zero-order valence-corrected chi connectivity index (χ0v) is 9.17. The Hall–Kier alpha value is -1.68. The smallest absolute Gasteiger partial charge is 0.125 e. The Morgan fingerprint density at radius 3 is 2.81 bits per heavy atom. The minimum atomic E-state index is -0.220. The van der Waals surface area contributed by atoms with E-state index in [1.54, 1.807) is 6.07 Å². The highest BCUT2D eigenvalue weighted by molar-refractivity contribution is 8.02. The summed E-state index contributed by atoms with van der Waals surface area (Å²) < 4.78 is 18.3. The lowest BCUT2D eigenvalue weighted by Gasteiger charge is -2.15. The van der Waals surface area contributed by atoms with Crippen molar-refractivity contribution in [3.63, 3.8) is 0 Å². The molecule has 0 radical (unpaired) electrons. The molecule has 80 valence electrons. The molecule has 0 aliphatic carbocycles. The highest BCUT2D eigenvalue weighted by Crippen LogP contribution is 2.43. The summed E-state index contributed by atoms with van der Waals surface area (Å²) in [5, 5.41) is 0. The molecule has 0 bridgehead atoms. The predicted octanol–water partition coefficient (Wildman–Crippen LogP) is 3.95. The topological polar surface area (TPSA) is 15.3 Å². The molecule has 2 aromatic carbocycles. The predicted molar refractivity (Wildman–Crippen MR) is 66.2 cm³/mol. The van der Waals surface area contributed by atoms with Gasteiger partial charge in [-0.15, -0.1) is 0 Å². The molecule has 2 aromatic rings. The van der Waals surface area contributed by atoms with Crippen LogP contribution in [0.4, 0.5) is 21.5 Å². The van der Waals surface area contributed by atoms with Crippen LogP contribution in [0, 0.1) is 5.82 Å². The second kappa shape index (κ2) is 3.72. The van der Waals surface area contributed by atoms with Crippen molar-refractivity contribution in [1.29, 1.82) is 0 Å². The van der Waals surface area contributed by atoms with E-state index in [0.29, 0.717) is 0 Å². The van der Waals surface area contributed by atoms with Crippen LogP contribution in [-0.4, -0.2) is 0 Å². The fraction of sp³-hybridized carbons (Fsp3) is 0. The van der Waals surface area contributed by atoms with E-state index in [1.165, 1.54) is 24.3 Å². The number of hydrogen-bond acceptors (Lipinski definition) is 3. The van der Waals surface area contributed by atoms with Crippen molar-refractivity contribution in [2.24, 2.45) is 0 Å². The van der Waals surface area contributed by atoms with Gasteiger partial charge in [-0.3, -0.25) is 4.31 Å². The molecule has 0 amide bonds. The highest BCUT2D eigenvalue weighted by atomic mass is 32.2. The van der Waals surface area contributed by atoms with E-state index in [9.17, 15) is 4.39 Å². The SMILES string of the molecule is Fc1cccc(N2SNc3ccccc32)c1. The van der Waals surface area contributed by atoms with Crippen LogP contribution in [0.3, 0.4) is 0 Å². The molecule has 16 heavy (non-hydrogen) atoms. The van der Waals surface area contributed by atoms with E-state index >= 15 is 0 Å². The number of benzene rings is 2. The number of fused-ring (bicyclic) bond motifs is 1. The van der Waals surface area contributed by atoms with Gasteiger partial charge in [0, 0.05) is 0 Å². The molecule has 0 fully saturated rings. The molecule has 1 N–H and O–H groups in total. The van der Waals surface area contributed by atoms with Gasteiger partial charge in [-0.05, 0) is 30.3 Å². The maximum Gasteiger partial charge on any atom is 0.125 e. The Kier molecular flexibility index (Phi) is 2.22. The van der Waals surface area contributed by atoms with Gasteiger partial charge < -0.3 is 4.72 Å². The van der Waals surface area contributed by atoms with E-state index in [1.807, 2.05) is 34.6 Å². The number of rotatable bonds is 1. The Labute approximate surface area is 97.4 Å². The summed E-state index contributed by atoms with van der Waals surface area (Å²) in [6, 6.07) is 14.5. The Bertz CT molecular complexity index is 530. The summed E-state index contributed by atoms with van der Waals surface area (Å²) in [6.45, 7) is 0. The second-order valence-electron chi connectivity index (χ2n) is 3.48. The van der Waals surface area contributed by atoms with Crippen LogP contribution in [0.2, 0.25) is 0 Å². The van der Waals surface area contributed by atoms with Crippen molar-refractivity contribution in [2.45, 2.75) is 0 Å². The van der Waals surface area contributed by atoms with Crippen LogP contribution in [0.5, 0.6) is 0 Å².